The van der Waals surface area contributed by atoms with E-state index in [4.69, 9.17) is 0 Å². The van der Waals surface area contributed by atoms with Crippen LogP contribution in [-0.2, 0) is 9.84 Å². The normalized spacial score (nSPS) is 22.3. The van der Waals surface area contributed by atoms with Crippen molar-refractivity contribution in [3.63, 3.8) is 0 Å². The van der Waals surface area contributed by atoms with Crippen LogP contribution in [0.3, 0.4) is 0 Å². The Bertz CT molecular complexity index is 950. The Morgan fingerprint density at radius 2 is 2.00 bits per heavy atom. The molecular formula is C20H24N4O2S. The molecule has 2 aliphatic heterocycles. The number of aryl methyl sites for hydroxylation is 1. The van der Waals surface area contributed by atoms with E-state index >= 15 is 0 Å². The molecule has 2 aliphatic rings. The summed E-state index contributed by atoms with van der Waals surface area (Å²) in [6.45, 7) is 3.80. The molecule has 1 aromatic carbocycles. The lowest BCUT2D eigenvalue weighted by Gasteiger charge is -2.35. The maximum atomic E-state index is 11.5. The Morgan fingerprint density at radius 1 is 1.19 bits per heavy atom. The standard InChI is InChI=1S/C20H24N4O2S/c1-15-21-9-5-20(22-15)16-3-2-4-19(13-16)24-10-6-17(7-11-24)23-18-8-12-27(25,26)14-18/h2-5,8-9,12-13,17-18,23H,6-7,10-11,14H2,1H3/t18-/m1/s1. The number of rotatable bonds is 4. The van der Waals surface area contributed by atoms with Gasteiger partial charge in [0.15, 0.2) is 9.84 Å². The second-order valence-corrected chi connectivity index (χ2v) is 9.16. The first-order valence-electron chi connectivity index (χ1n) is 9.30. The summed E-state index contributed by atoms with van der Waals surface area (Å²) in [6.07, 6.45) is 5.57. The monoisotopic (exact) mass is 384 g/mol. The Kier molecular flexibility index (Phi) is 4.97. The number of piperidine rings is 1. The van der Waals surface area contributed by atoms with E-state index in [1.54, 1.807) is 12.3 Å². The summed E-state index contributed by atoms with van der Waals surface area (Å²) in [6, 6.07) is 10.7. The second kappa shape index (κ2) is 7.40. The summed E-state index contributed by atoms with van der Waals surface area (Å²) in [4.78, 5) is 11.1. The first-order valence-corrected chi connectivity index (χ1v) is 11.0. The van der Waals surface area contributed by atoms with Crippen LogP contribution in [0.2, 0.25) is 0 Å². The maximum absolute atomic E-state index is 11.5. The molecule has 0 unspecified atom stereocenters. The van der Waals surface area contributed by atoms with E-state index < -0.39 is 9.84 Å². The zero-order valence-corrected chi connectivity index (χ0v) is 16.2. The molecule has 0 saturated carbocycles. The smallest absolute Gasteiger partial charge is 0.173 e. The first-order chi connectivity index (χ1) is 13.0. The number of hydrogen-bond acceptors (Lipinski definition) is 6. The van der Waals surface area contributed by atoms with Gasteiger partial charge in [0.1, 0.15) is 5.82 Å². The highest BCUT2D eigenvalue weighted by atomic mass is 32.2. The summed E-state index contributed by atoms with van der Waals surface area (Å²) < 4.78 is 23.1. The number of hydrogen-bond donors (Lipinski definition) is 1. The predicted molar refractivity (Wildman–Crippen MR) is 107 cm³/mol. The van der Waals surface area contributed by atoms with Crippen LogP contribution in [0.15, 0.2) is 48.0 Å². The fraction of sp³-hybridized carbons (Fsp3) is 0.400. The number of anilines is 1. The van der Waals surface area contributed by atoms with Crippen molar-refractivity contribution in [2.24, 2.45) is 0 Å². The summed E-state index contributed by atoms with van der Waals surface area (Å²) >= 11 is 0. The van der Waals surface area contributed by atoms with Gasteiger partial charge in [0.05, 0.1) is 11.4 Å². The average molecular weight is 385 g/mol. The molecule has 7 heteroatoms. The summed E-state index contributed by atoms with van der Waals surface area (Å²) in [5.74, 6) is 0.959. The van der Waals surface area contributed by atoms with Crippen LogP contribution in [-0.4, -0.2) is 49.3 Å². The molecule has 4 rings (SSSR count). The zero-order chi connectivity index (χ0) is 18.9. The molecule has 0 aliphatic carbocycles. The Labute approximate surface area is 160 Å². The highest BCUT2D eigenvalue weighted by molar-refractivity contribution is 7.94. The Balaban J connectivity index is 1.38. The first kappa shape index (κ1) is 18.1. The van der Waals surface area contributed by atoms with Gasteiger partial charge in [0.25, 0.3) is 0 Å². The number of nitrogens with zero attached hydrogens (tertiary/aromatic N) is 3. The van der Waals surface area contributed by atoms with E-state index in [0.717, 1.165) is 43.0 Å². The van der Waals surface area contributed by atoms with Crippen molar-refractivity contribution in [1.82, 2.24) is 15.3 Å². The van der Waals surface area contributed by atoms with Gasteiger partial charge >= 0.3 is 0 Å². The number of sulfone groups is 1. The van der Waals surface area contributed by atoms with E-state index in [2.05, 4.69) is 44.5 Å². The zero-order valence-electron chi connectivity index (χ0n) is 15.4. The molecule has 0 bridgehead atoms. The van der Waals surface area contributed by atoms with E-state index in [-0.39, 0.29) is 11.8 Å². The molecule has 3 heterocycles. The molecule has 6 nitrogen and oxygen atoms in total. The fourth-order valence-corrected chi connectivity index (χ4v) is 5.01. The van der Waals surface area contributed by atoms with Crippen molar-refractivity contribution in [2.75, 3.05) is 23.7 Å². The minimum Gasteiger partial charge on any atom is -0.371 e. The van der Waals surface area contributed by atoms with Crippen molar-refractivity contribution in [1.29, 1.82) is 0 Å². The van der Waals surface area contributed by atoms with Gasteiger partial charge in [0.2, 0.25) is 0 Å². The van der Waals surface area contributed by atoms with Crippen molar-refractivity contribution in [2.45, 2.75) is 31.8 Å². The van der Waals surface area contributed by atoms with Gasteiger partial charge in [-0.25, -0.2) is 18.4 Å². The van der Waals surface area contributed by atoms with Crippen LogP contribution >= 0.6 is 0 Å². The minimum absolute atomic E-state index is 0.0455. The van der Waals surface area contributed by atoms with Gasteiger partial charge in [-0.1, -0.05) is 18.2 Å². The van der Waals surface area contributed by atoms with Gasteiger partial charge in [-0.2, -0.15) is 0 Å². The van der Waals surface area contributed by atoms with E-state index in [0.29, 0.717) is 6.04 Å². The largest absolute Gasteiger partial charge is 0.371 e. The molecule has 27 heavy (non-hydrogen) atoms. The van der Waals surface area contributed by atoms with Crippen molar-refractivity contribution in [3.05, 3.63) is 53.8 Å². The molecule has 1 atom stereocenters. The van der Waals surface area contributed by atoms with Crippen molar-refractivity contribution in [3.8, 4) is 11.3 Å². The Morgan fingerprint density at radius 3 is 2.70 bits per heavy atom. The molecule has 0 amide bonds. The second-order valence-electron chi connectivity index (χ2n) is 7.23. The maximum Gasteiger partial charge on any atom is 0.173 e. The Hall–Kier alpha value is -2.25. The summed E-state index contributed by atoms with van der Waals surface area (Å²) in [7, 11) is -3.00. The van der Waals surface area contributed by atoms with E-state index in [1.807, 2.05) is 13.0 Å². The van der Waals surface area contributed by atoms with Crippen molar-refractivity contribution < 1.29 is 8.42 Å². The van der Waals surface area contributed by atoms with Crippen molar-refractivity contribution >= 4 is 15.5 Å². The molecule has 2 aromatic rings. The molecular weight excluding hydrogens is 360 g/mol. The van der Waals surface area contributed by atoms with Crippen LogP contribution in [0, 0.1) is 6.92 Å². The van der Waals surface area contributed by atoms with Gasteiger partial charge in [-0.3, -0.25) is 0 Å². The lowest BCUT2D eigenvalue weighted by Crippen LogP contribution is -2.46. The molecule has 1 fully saturated rings. The third kappa shape index (κ3) is 4.36. The van der Waals surface area contributed by atoms with Crippen LogP contribution in [0.1, 0.15) is 18.7 Å². The molecule has 1 N–H and O–H groups in total. The third-order valence-corrected chi connectivity index (χ3v) is 6.55. The fourth-order valence-electron chi connectivity index (χ4n) is 3.77. The van der Waals surface area contributed by atoms with Crippen LogP contribution < -0.4 is 10.2 Å². The molecule has 1 saturated heterocycles. The SMILES string of the molecule is Cc1nccc(-c2cccc(N3CCC(N[C@@H]4C=CS(=O)(=O)C4)CC3)c2)n1. The highest BCUT2D eigenvalue weighted by Crippen LogP contribution is 2.26. The average Bonchev–Trinajstić information content (AvgIpc) is 3.01. The van der Waals surface area contributed by atoms with Crippen LogP contribution in [0.4, 0.5) is 5.69 Å². The lowest BCUT2D eigenvalue weighted by atomic mass is 10.0. The van der Waals surface area contributed by atoms with Gasteiger partial charge in [0, 0.05) is 48.0 Å². The topological polar surface area (TPSA) is 75.2 Å². The number of aromatic nitrogens is 2. The summed E-state index contributed by atoms with van der Waals surface area (Å²) in [5.41, 5.74) is 3.24. The van der Waals surface area contributed by atoms with Gasteiger partial charge in [-0.15, -0.1) is 0 Å². The summed E-state index contributed by atoms with van der Waals surface area (Å²) in [5, 5.41) is 4.81. The molecule has 1 aromatic heterocycles. The number of nitrogens with one attached hydrogen (secondary N) is 1. The highest BCUT2D eigenvalue weighted by Gasteiger charge is 2.26. The van der Waals surface area contributed by atoms with Crippen LogP contribution in [0.25, 0.3) is 11.3 Å². The minimum atomic E-state index is -3.00. The van der Waals surface area contributed by atoms with E-state index in [9.17, 15) is 8.42 Å². The number of benzene rings is 1. The van der Waals surface area contributed by atoms with E-state index in [1.165, 1.54) is 11.1 Å². The van der Waals surface area contributed by atoms with Crippen LogP contribution in [0.5, 0.6) is 0 Å². The molecule has 142 valence electrons. The lowest BCUT2D eigenvalue weighted by molar-refractivity contribution is 0.401. The predicted octanol–water partition coefficient (Wildman–Crippen LogP) is 2.32. The van der Waals surface area contributed by atoms with Gasteiger partial charge < -0.3 is 10.2 Å². The molecule has 0 radical (unpaired) electrons. The molecule has 0 spiro atoms. The van der Waals surface area contributed by atoms with Gasteiger partial charge in [-0.05, 0) is 38.0 Å². The third-order valence-electron chi connectivity index (χ3n) is 5.16. The quantitative estimate of drug-likeness (QED) is 0.872.